The molecule has 0 aliphatic carbocycles. The fourth-order valence-electron chi connectivity index (χ4n) is 1.85. The number of aromatic nitrogens is 4. The first kappa shape index (κ1) is 12.7. The van der Waals surface area contributed by atoms with Crippen LogP contribution in [0.5, 0.6) is 0 Å². The highest BCUT2D eigenvalue weighted by molar-refractivity contribution is 7.71. The van der Waals surface area contributed by atoms with Crippen molar-refractivity contribution in [3.05, 3.63) is 31.3 Å². The molecule has 0 aliphatic rings. The maximum atomic E-state index is 11.8. The fourth-order valence-corrected chi connectivity index (χ4v) is 2.17. The van der Waals surface area contributed by atoms with E-state index < -0.39 is 11.2 Å². The molecule has 0 fully saturated rings. The van der Waals surface area contributed by atoms with Crippen LogP contribution in [0.15, 0.2) is 9.59 Å². The van der Waals surface area contributed by atoms with Gasteiger partial charge in [-0.1, -0.05) is 26.1 Å². The predicted molar refractivity (Wildman–Crippen MR) is 71.4 cm³/mol. The van der Waals surface area contributed by atoms with Gasteiger partial charge in [0.2, 0.25) is 0 Å². The molecule has 6 nitrogen and oxygen atoms in total. The SMILES string of the molecule is Cc1nc(=S)c2c(=O)[nH]c(=O)n(CC(C)C)c2[nH]1. The third-order valence-corrected chi connectivity index (χ3v) is 2.82. The minimum Gasteiger partial charge on any atom is -0.329 e. The zero-order chi connectivity index (χ0) is 13.4. The van der Waals surface area contributed by atoms with E-state index in [-0.39, 0.29) is 15.9 Å². The van der Waals surface area contributed by atoms with Crippen molar-refractivity contribution in [1.29, 1.82) is 0 Å². The van der Waals surface area contributed by atoms with Gasteiger partial charge in [-0.15, -0.1) is 0 Å². The highest BCUT2D eigenvalue weighted by Crippen LogP contribution is 2.08. The van der Waals surface area contributed by atoms with Crippen molar-refractivity contribution < 1.29 is 0 Å². The minimum atomic E-state index is -0.497. The largest absolute Gasteiger partial charge is 0.329 e. The van der Waals surface area contributed by atoms with E-state index in [0.717, 1.165) is 0 Å². The number of nitrogens with zero attached hydrogens (tertiary/aromatic N) is 2. The molecular weight excluding hydrogens is 252 g/mol. The summed E-state index contributed by atoms with van der Waals surface area (Å²) in [5.41, 5.74) is -0.490. The van der Waals surface area contributed by atoms with Gasteiger partial charge >= 0.3 is 5.69 Å². The van der Waals surface area contributed by atoms with Gasteiger partial charge in [0.25, 0.3) is 5.56 Å². The molecule has 2 N–H and O–H groups in total. The summed E-state index contributed by atoms with van der Waals surface area (Å²) >= 11 is 5.08. The summed E-state index contributed by atoms with van der Waals surface area (Å²) in [6.45, 7) is 6.22. The van der Waals surface area contributed by atoms with E-state index in [4.69, 9.17) is 12.2 Å². The molecule has 0 saturated heterocycles. The van der Waals surface area contributed by atoms with E-state index in [2.05, 4.69) is 15.0 Å². The van der Waals surface area contributed by atoms with Crippen LogP contribution in [-0.2, 0) is 6.54 Å². The molecule has 0 aliphatic heterocycles. The number of aryl methyl sites for hydroxylation is 1. The molecule has 96 valence electrons. The summed E-state index contributed by atoms with van der Waals surface area (Å²) in [5.74, 6) is 0.849. The average Bonchev–Trinajstić information content (AvgIpc) is 2.22. The summed E-state index contributed by atoms with van der Waals surface area (Å²) < 4.78 is 1.70. The van der Waals surface area contributed by atoms with Crippen LogP contribution in [0.1, 0.15) is 19.7 Å². The minimum absolute atomic E-state index is 0.208. The van der Waals surface area contributed by atoms with Crippen molar-refractivity contribution in [3.63, 3.8) is 0 Å². The number of nitrogens with one attached hydrogen (secondary N) is 2. The van der Waals surface area contributed by atoms with Crippen LogP contribution in [-0.4, -0.2) is 19.5 Å². The van der Waals surface area contributed by atoms with Crippen LogP contribution in [0, 0.1) is 17.5 Å². The molecule has 0 unspecified atom stereocenters. The lowest BCUT2D eigenvalue weighted by atomic mass is 10.2. The lowest BCUT2D eigenvalue weighted by Crippen LogP contribution is -2.32. The molecule has 2 rings (SSSR count). The fraction of sp³-hybridized carbons (Fsp3) is 0.455. The van der Waals surface area contributed by atoms with Gasteiger partial charge in [-0.3, -0.25) is 14.3 Å². The number of H-pyrrole nitrogens is 2. The lowest BCUT2D eigenvalue weighted by Gasteiger charge is -2.11. The van der Waals surface area contributed by atoms with Crippen molar-refractivity contribution >= 4 is 23.3 Å². The van der Waals surface area contributed by atoms with E-state index in [0.29, 0.717) is 18.0 Å². The van der Waals surface area contributed by atoms with Gasteiger partial charge < -0.3 is 4.98 Å². The van der Waals surface area contributed by atoms with Gasteiger partial charge in [0.15, 0.2) is 0 Å². The molecule has 2 aromatic rings. The normalized spacial score (nSPS) is 11.3. The lowest BCUT2D eigenvalue weighted by molar-refractivity contribution is 0.512. The summed E-state index contributed by atoms with van der Waals surface area (Å²) in [6.07, 6.45) is 0. The second kappa shape index (κ2) is 4.49. The third-order valence-electron chi connectivity index (χ3n) is 2.53. The Labute approximate surface area is 108 Å². The molecule has 0 amide bonds. The molecule has 2 aromatic heterocycles. The Hall–Kier alpha value is -1.76. The molecule has 0 saturated carbocycles. The quantitative estimate of drug-likeness (QED) is 0.797. The molecule has 0 bridgehead atoms. The van der Waals surface area contributed by atoms with Crippen LogP contribution in [0.4, 0.5) is 0 Å². The molecule has 0 spiro atoms. The Bertz CT molecular complexity index is 769. The molecule has 0 radical (unpaired) electrons. The summed E-state index contributed by atoms with van der Waals surface area (Å²) in [5, 5.41) is 0.260. The zero-order valence-corrected chi connectivity index (χ0v) is 11.2. The molecular formula is C11H14N4O2S. The summed E-state index contributed by atoms with van der Waals surface area (Å²) in [6, 6.07) is 0. The second-order valence-corrected chi connectivity index (χ2v) is 5.00. The Balaban J connectivity index is 2.98. The van der Waals surface area contributed by atoms with E-state index in [1.807, 2.05) is 13.8 Å². The van der Waals surface area contributed by atoms with Gasteiger partial charge in [-0.05, 0) is 12.8 Å². The third kappa shape index (κ3) is 2.13. The Morgan fingerprint density at radius 1 is 1.33 bits per heavy atom. The van der Waals surface area contributed by atoms with Gasteiger partial charge in [0.1, 0.15) is 21.5 Å². The van der Waals surface area contributed by atoms with Crippen LogP contribution in [0.2, 0.25) is 0 Å². The second-order valence-electron chi connectivity index (χ2n) is 4.61. The van der Waals surface area contributed by atoms with Gasteiger partial charge in [-0.25, -0.2) is 9.78 Å². The number of aromatic amines is 2. The van der Waals surface area contributed by atoms with Crippen molar-refractivity contribution in [2.24, 2.45) is 5.92 Å². The first-order valence-corrected chi connectivity index (χ1v) is 6.04. The number of hydrogen-bond acceptors (Lipinski definition) is 4. The summed E-state index contributed by atoms with van der Waals surface area (Å²) in [4.78, 5) is 32.9. The van der Waals surface area contributed by atoms with Gasteiger partial charge in [0, 0.05) is 6.54 Å². The smallest absolute Gasteiger partial charge is 0.329 e. The first-order valence-electron chi connectivity index (χ1n) is 5.64. The summed E-state index contributed by atoms with van der Waals surface area (Å²) in [7, 11) is 0. The standard InChI is InChI=1S/C11H14N4O2S/c1-5(2)4-15-8-7(9(16)14-11(15)17)10(18)13-6(3)12-8/h5H,4H2,1-3H3,(H,12,13,18)(H,14,16,17). The maximum absolute atomic E-state index is 11.8. The van der Waals surface area contributed by atoms with Crippen molar-refractivity contribution in [3.8, 4) is 0 Å². The zero-order valence-electron chi connectivity index (χ0n) is 10.4. The molecule has 0 atom stereocenters. The van der Waals surface area contributed by atoms with Crippen LogP contribution in [0.25, 0.3) is 11.0 Å². The van der Waals surface area contributed by atoms with Crippen LogP contribution >= 0.6 is 12.2 Å². The number of hydrogen-bond donors (Lipinski definition) is 2. The monoisotopic (exact) mass is 266 g/mol. The average molecular weight is 266 g/mol. The van der Waals surface area contributed by atoms with E-state index in [1.54, 1.807) is 6.92 Å². The highest BCUT2D eigenvalue weighted by atomic mass is 32.1. The van der Waals surface area contributed by atoms with Crippen LogP contribution in [0.3, 0.4) is 0 Å². The van der Waals surface area contributed by atoms with E-state index in [9.17, 15) is 9.59 Å². The van der Waals surface area contributed by atoms with Crippen molar-refractivity contribution in [2.75, 3.05) is 0 Å². The van der Waals surface area contributed by atoms with Crippen molar-refractivity contribution in [2.45, 2.75) is 27.3 Å². The maximum Gasteiger partial charge on any atom is 0.329 e. The molecule has 2 heterocycles. The Morgan fingerprint density at radius 2 is 2.00 bits per heavy atom. The van der Waals surface area contributed by atoms with Gasteiger partial charge in [-0.2, -0.15) is 0 Å². The number of fused-ring (bicyclic) bond motifs is 1. The van der Waals surface area contributed by atoms with Crippen molar-refractivity contribution in [1.82, 2.24) is 19.5 Å². The van der Waals surface area contributed by atoms with E-state index >= 15 is 0 Å². The molecule has 18 heavy (non-hydrogen) atoms. The predicted octanol–water partition coefficient (Wildman–Crippen LogP) is 1.11. The molecule has 7 heteroatoms. The highest BCUT2D eigenvalue weighted by Gasteiger charge is 2.11. The first-order chi connectivity index (χ1) is 8.40. The molecule has 0 aromatic carbocycles. The van der Waals surface area contributed by atoms with Crippen LogP contribution < -0.4 is 11.2 Å². The topological polar surface area (TPSA) is 83.5 Å². The Morgan fingerprint density at radius 3 is 2.61 bits per heavy atom. The number of rotatable bonds is 2. The van der Waals surface area contributed by atoms with E-state index in [1.165, 1.54) is 4.57 Å². The Kier molecular flexibility index (Phi) is 3.16. The van der Waals surface area contributed by atoms with Gasteiger partial charge in [0.05, 0.1) is 0 Å².